The summed E-state index contributed by atoms with van der Waals surface area (Å²) in [4.78, 5) is 14.0. The molecule has 2 nitrogen and oxygen atoms in total. The number of thioether (sulfide) groups is 1. The lowest BCUT2D eigenvalue weighted by Gasteiger charge is -2.22. The van der Waals surface area contributed by atoms with Crippen LogP contribution in [0.15, 0.2) is 0 Å². The fraction of sp³-hybridized carbons (Fsp3) is 0.923. The molecule has 0 bridgehead atoms. The summed E-state index contributed by atoms with van der Waals surface area (Å²) in [5.41, 5.74) is 0. The highest BCUT2D eigenvalue weighted by Crippen LogP contribution is 2.06. The highest BCUT2D eigenvalue weighted by molar-refractivity contribution is 7.98. The van der Waals surface area contributed by atoms with Gasteiger partial charge in [0.05, 0.1) is 0 Å². The van der Waals surface area contributed by atoms with E-state index in [1.807, 2.05) is 11.8 Å². The summed E-state index contributed by atoms with van der Waals surface area (Å²) < 4.78 is 0. The Bertz CT molecular complexity index is 165. The molecule has 0 radical (unpaired) electrons. The number of hydrogen-bond acceptors (Lipinski definition) is 2. The SMILES string of the molecule is CCCCN(CCCC)C(=O)CCCSC. The highest BCUT2D eigenvalue weighted by Gasteiger charge is 2.11. The van der Waals surface area contributed by atoms with Crippen molar-refractivity contribution >= 4 is 17.7 Å². The van der Waals surface area contributed by atoms with Crippen molar-refractivity contribution in [3.63, 3.8) is 0 Å². The summed E-state index contributed by atoms with van der Waals surface area (Å²) in [6.45, 7) is 6.26. The predicted octanol–water partition coefficient (Wildman–Crippen LogP) is 3.56. The van der Waals surface area contributed by atoms with E-state index in [1.165, 1.54) is 12.8 Å². The average molecular weight is 245 g/mol. The van der Waals surface area contributed by atoms with Crippen LogP contribution in [0.25, 0.3) is 0 Å². The second-order valence-corrected chi connectivity index (χ2v) is 5.17. The number of carbonyl (C=O) groups excluding carboxylic acids is 1. The fourth-order valence-corrected chi connectivity index (χ4v) is 2.02. The molecule has 0 fully saturated rings. The van der Waals surface area contributed by atoms with Crippen molar-refractivity contribution in [3.8, 4) is 0 Å². The predicted molar refractivity (Wildman–Crippen MR) is 74.0 cm³/mol. The zero-order valence-electron chi connectivity index (χ0n) is 11.1. The molecule has 0 atom stereocenters. The van der Waals surface area contributed by atoms with Crippen LogP contribution in [0.5, 0.6) is 0 Å². The van der Waals surface area contributed by atoms with Crippen LogP contribution < -0.4 is 0 Å². The number of unbranched alkanes of at least 4 members (excludes halogenated alkanes) is 2. The molecule has 96 valence electrons. The fourth-order valence-electron chi connectivity index (χ4n) is 1.58. The Kier molecular flexibility index (Phi) is 11.2. The van der Waals surface area contributed by atoms with Crippen LogP contribution in [-0.2, 0) is 4.79 Å². The zero-order valence-corrected chi connectivity index (χ0v) is 11.9. The zero-order chi connectivity index (χ0) is 12.2. The first-order valence-electron chi connectivity index (χ1n) is 6.52. The molecular weight excluding hydrogens is 218 g/mol. The van der Waals surface area contributed by atoms with Gasteiger partial charge in [0, 0.05) is 19.5 Å². The highest BCUT2D eigenvalue weighted by atomic mass is 32.2. The first kappa shape index (κ1) is 15.8. The monoisotopic (exact) mass is 245 g/mol. The lowest BCUT2D eigenvalue weighted by atomic mass is 10.2. The minimum Gasteiger partial charge on any atom is -0.343 e. The summed E-state index contributed by atoms with van der Waals surface area (Å²) in [6, 6.07) is 0. The summed E-state index contributed by atoms with van der Waals surface area (Å²) in [5, 5.41) is 0. The van der Waals surface area contributed by atoms with Crippen molar-refractivity contribution in [3.05, 3.63) is 0 Å². The van der Waals surface area contributed by atoms with Crippen molar-refractivity contribution < 1.29 is 4.79 Å². The van der Waals surface area contributed by atoms with E-state index in [4.69, 9.17) is 0 Å². The Morgan fingerprint density at radius 1 is 1.06 bits per heavy atom. The molecular formula is C13H27NOS. The standard InChI is InChI=1S/C13H27NOS/c1-4-6-10-14(11-7-5-2)13(15)9-8-12-16-3/h4-12H2,1-3H3. The molecule has 0 aromatic heterocycles. The van der Waals surface area contributed by atoms with Crippen LogP contribution in [0.1, 0.15) is 52.4 Å². The van der Waals surface area contributed by atoms with Crippen molar-refractivity contribution in [1.29, 1.82) is 0 Å². The van der Waals surface area contributed by atoms with E-state index in [9.17, 15) is 4.79 Å². The van der Waals surface area contributed by atoms with Crippen molar-refractivity contribution in [1.82, 2.24) is 4.90 Å². The van der Waals surface area contributed by atoms with E-state index in [1.54, 1.807) is 0 Å². The van der Waals surface area contributed by atoms with Gasteiger partial charge in [-0.3, -0.25) is 4.79 Å². The molecule has 0 aliphatic rings. The van der Waals surface area contributed by atoms with Gasteiger partial charge in [-0.1, -0.05) is 26.7 Å². The van der Waals surface area contributed by atoms with Gasteiger partial charge in [0.1, 0.15) is 0 Å². The topological polar surface area (TPSA) is 20.3 Å². The molecule has 0 aliphatic heterocycles. The van der Waals surface area contributed by atoms with Crippen LogP contribution in [0, 0.1) is 0 Å². The quantitative estimate of drug-likeness (QED) is 0.549. The second-order valence-electron chi connectivity index (χ2n) is 4.18. The number of carbonyl (C=O) groups is 1. The van der Waals surface area contributed by atoms with E-state index in [0.29, 0.717) is 5.91 Å². The Morgan fingerprint density at radius 2 is 1.62 bits per heavy atom. The van der Waals surface area contributed by atoms with Gasteiger partial charge in [-0.05, 0) is 31.3 Å². The molecule has 0 spiro atoms. The van der Waals surface area contributed by atoms with Gasteiger partial charge in [0.25, 0.3) is 0 Å². The molecule has 0 unspecified atom stereocenters. The maximum absolute atomic E-state index is 11.9. The smallest absolute Gasteiger partial charge is 0.222 e. The minimum atomic E-state index is 0.357. The Labute approximate surface area is 105 Å². The molecule has 0 saturated carbocycles. The van der Waals surface area contributed by atoms with Gasteiger partial charge in [0.2, 0.25) is 5.91 Å². The summed E-state index contributed by atoms with van der Waals surface area (Å²) in [7, 11) is 0. The van der Waals surface area contributed by atoms with Crippen LogP contribution in [0.3, 0.4) is 0 Å². The van der Waals surface area contributed by atoms with Crippen LogP contribution in [-0.4, -0.2) is 35.9 Å². The van der Waals surface area contributed by atoms with Gasteiger partial charge >= 0.3 is 0 Å². The van der Waals surface area contributed by atoms with E-state index in [2.05, 4.69) is 25.0 Å². The summed E-state index contributed by atoms with van der Waals surface area (Å²) in [6.07, 6.45) is 8.46. The first-order chi connectivity index (χ1) is 7.76. The first-order valence-corrected chi connectivity index (χ1v) is 7.92. The largest absolute Gasteiger partial charge is 0.343 e. The average Bonchev–Trinajstić information content (AvgIpc) is 2.29. The van der Waals surface area contributed by atoms with E-state index >= 15 is 0 Å². The Morgan fingerprint density at radius 3 is 2.06 bits per heavy atom. The molecule has 0 N–H and O–H groups in total. The van der Waals surface area contributed by atoms with Crippen LogP contribution in [0.4, 0.5) is 0 Å². The lowest BCUT2D eigenvalue weighted by Crippen LogP contribution is -2.32. The van der Waals surface area contributed by atoms with Gasteiger partial charge < -0.3 is 4.90 Å². The van der Waals surface area contributed by atoms with Crippen LogP contribution in [0.2, 0.25) is 0 Å². The Balaban J connectivity index is 3.88. The third-order valence-corrected chi connectivity index (χ3v) is 3.35. The minimum absolute atomic E-state index is 0.357. The number of amides is 1. The van der Waals surface area contributed by atoms with Gasteiger partial charge in [-0.25, -0.2) is 0 Å². The number of nitrogens with zero attached hydrogens (tertiary/aromatic N) is 1. The maximum Gasteiger partial charge on any atom is 0.222 e. The van der Waals surface area contributed by atoms with E-state index < -0.39 is 0 Å². The molecule has 0 aromatic rings. The molecule has 0 heterocycles. The van der Waals surface area contributed by atoms with Crippen molar-refractivity contribution in [2.24, 2.45) is 0 Å². The van der Waals surface area contributed by atoms with Gasteiger partial charge in [-0.2, -0.15) is 11.8 Å². The van der Waals surface area contributed by atoms with Crippen molar-refractivity contribution in [2.45, 2.75) is 52.4 Å². The van der Waals surface area contributed by atoms with Crippen LogP contribution >= 0.6 is 11.8 Å². The molecule has 0 rings (SSSR count). The molecule has 0 saturated heterocycles. The molecule has 16 heavy (non-hydrogen) atoms. The maximum atomic E-state index is 11.9. The van der Waals surface area contributed by atoms with Gasteiger partial charge in [-0.15, -0.1) is 0 Å². The summed E-state index contributed by atoms with van der Waals surface area (Å²) in [5.74, 6) is 1.46. The second kappa shape index (κ2) is 11.3. The lowest BCUT2D eigenvalue weighted by molar-refractivity contribution is -0.131. The number of rotatable bonds is 10. The van der Waals surface area contributed by atoms with E-state index in [-0.39, 0.29) is 0 Å². The molecule has 1 amide bonds. The third kappa shape index (κ3) is 8.03. The Hall–Kier alpha value is -0.180. The third-order valence-electron chi connectivity index (χ3n) is 2.65. The molecule has 0 aromatic carbocycles. The number of hydrogen-bond donors (Lipinski definition) is 0. The van der Waals surface area contributed by atoms with Crippen molar-refractivity contribution in [2.75, 3.05) is 25.1 Å². The molecule has 0 aliphatic carbocycles. The van der Waals surface area contributed by atoms with E-state index in [0.717, 1.165) is 44.5 Å². The normalized spacial score (nSPS) is 10.4. The molecule has 3 heteroatoms. The summed E-state index contributed by atoms with van der Waals surface area (Å²) >= 11 is 1.82. The van der Waals surface area contributed by atoms with Gasteiger partial charge in [0.15, 0.2) is 0 Å².